The van der Waals surface area contributed by atoms with Gasteiger partial charge in [-0.3, -0.25) is 9.89 Å². The molecule has 1 fully saturated rings. The third-order valence-corrected chi connectivity index (χ3v) is 8.15. The second kappa shape index (κ2) is 8.52. The lowest BCUT2D eigenvalue weighted by atomic mass is 9.94. The van der Waals surface area contributed by atoms with Gasteiger partial charge in [-0.25, -0.2) is 9.97 Å². The number of carbonyl (C=O) groups excluding carboxylic acids is 1. The van der Waals surface area contributed by atoms with E-state index in [9.17, 15) is 4.79 Å². The SMILES string of the molecule is COc1cc2[nH]ncc2cc1Nc1ncnc2sc3c(c12)CCN(C(=O)C1CCN(C)CC1)C3. The first-order chi connectivity index (χ1) is 16.6. The highest BCUT2D eigenvalue weighted by Crippen LogP contribution is 2.40. The lowest BCUT2D eigenvalue weighted by Crippen LogP contribution is -2.43. The van der Waals surface area contributed by atoms with Crippen molar-refractivity contribution in [2.24, 2.45) is 5.92 Å². The Labute approximate surface area is 201 Å². The van der Waals surface area contributed by atoms with Gasteiger partial charge in [-0.15, -0.1) is 11.3 Å². The van der Waals surface area contributed by atoms with Crippen molar-refractivity contribution in [2.45, 2.75) is 25.8 Å². The molecule has 6 rings (SSSR count). The molecule has 10 heteroatoms. The molecule has 0 radical (unpaired) electrons. The van der Waals surface area contributed by atoms with Crippen LogP contribution < -0.4 is 10.1 Å². The van der Waals surface area contributed by atoms with Gasteiger partial charge in [-0.05, 0) is 51.0 Å². The predicted octanol–water partition coefficient (Wildman–Crippen LogP) is 3.55. The standard InChI is InChI=1S/C24H27N7O2S/c1-30-6-3-14(4-7-30)24(32)31-8-5-16-20(12-31)34-23-21(16)22(25-13-26-23)28-18-9-15-11-27-29-17(15)10-19(18)33-2/h9-11,13-14H,3-8,12H2,1-2H3,(H,27,29)(H,25,26,28). The van der Waals surface area contributed by atoms with Crippen molar-refractivity contribution in [1.29, 1.82) is 0 Å². The molecule has 0 saturated carbocycles. The summed E-state index contributed by atoms with van der Waals surface area (Å²) in [7, 11) is 3.78. The Morgan fingerprint density at radius 2 is 2.09 bits per heavy atom. The number of aromatic amines is 1. The van der Waals surface area contributed by atoms with Crippen LogP contribution in [0.1, 0.15) is 23.3 Å². The Morgan fingerprint density at radius 1 is 1.24 bits per heavy atom. The predicted molar refractivity (Wildman–Crippen MR) is 133 cm³/mol. The van der Waals surface area contributed by atoms with E-state index in [2.05, 4.69) is 37.4 Å². The number of thiophene rings is 1. The lowest BCUT2D eigenvalue weighted by Gasteiger charge is -2.34. The van der Waals surface area contributed by atoms with Crippen LogP contribution in [0.25, 0.3) is 21.1 Å². The minimum absolute atomic E-state index is 0.148. The Bertz CT molecular complexity index is 1370. The van der Waals surface area contributed by atoms with Gasteiger partial charge in [0.2, 0.25) is 5.91 Å². The highest BCUT2D eigenvalue weighted by Gasteiger charge is 2.31. The van der Waals surface area contributed by atoms with Gasteiger partial charge in [0.05, 0.1) is 36.4 Å². The van der Waals surface area contributed by atoms with E-state index in [0.29, 0.717) is 18.2 Å². The third kappa shape index (κ3) is 3.67. The van der Waals surface area contributed by atoms with Crippen molar-refractivity contribution in [1.82, 2.24) is 30.0 Å². The molecule has 176 valence electrons. The van der Waals surface area contributed by atoms with Gasteiger partial charge < -0.3 is 19.9 Å². The van der Waals surface area contributed by atoms with E-state index in [1.54, 1.807) is 31.0 Å². The summed E-state index contributed by atoms with van der Waals surface area (Å²) in [6.07, 6.45) is 6.10. The number of hydrogen-bond donors (Lipinski definition) is 2. The van der Waals surface area contributed by atoms with Crippen LogP contribution in [0.5, 0.6) is 5.75 Å². The van der Waals surface area contributed by atoms with E-state index in [4.69, 9.17) is 4.74 Å². The molecule has 0 atom stereocenters. The molecule has 2 aliphatic rings. The molecule has 0 bridgehead atoms. The Morgan fingerprint density at radius 3 is 2.91 bits per heavy atom. The number of likely N-dealkylation sites (tertiary alicyclic amines) is 1. The monoisotopic (exact) mass is 477 g/mol. The van der Waals surface area contributed by atoms with Crippen molar-refractivity contribution in [3.05, 3.63) is 35.1 Å². The first-order valence-electron chi connectivity index (χ1n) is 11.6. The van der Waals surface area contributed by atoms with Crippen LogP contribution >= 0.6 is 11.3 Å². The van der Waals surface area contributed by atoms with Crippen LogP contribution in [0.2, 0.25) is 0 Å². The number of H-pyrrole nitrogens is 1. The summed E-state index contributed by atoms with van der Waals surface area (Å²) in [6, 6.07) is 3.94. The topological polar surface area (TPSA) is 99.3 Å². The van der Waals surface area contributed by atoms with E-state index in [0.717, 1.165) is 71.5 Å². The van der Waals surface area contributed by atoms with Crippen LogP contribution in [0.3, 0.4) is 0 Å². The van der Waals surface area contributed by atoms with Crippen molar-refractivity contribution < 1.29 is 9.53 Å². The normalized spacial score (nSPS) is 17.3. The van der Waals surface area contributed by atoms with Crippen LogP contribution in [0.4, 0.5) is 11.5 Å². The smallest absolute Gasteiger partial charge is 0.226 e. The van der Waals surface area contributed by atoms with Crippen LogP contribution in [-0.4, -0.2) is 69.7 Å². The number of nitrogens with one attached hydrogen (secondary N) is 2. The fourth-order valence-electron chi connectivity index (χ4n) is 5.09. The summed E-state index contributed by atoms with van der Waals surface area (Å²) < 4.78 is 5.61. The molecule has 34 heavy (non-hydrogen) atoms. The molecular weight excluding hydrogens is 450 g/mol. The number of benzene rings is 1. The molecule has 1 amide bonds. The molecule has 1 aromatic carbocycles. The molecule has 3 aromatic heterocycles. The average molecular weight is 478 g/mol. The molecule has 0 unspecified atom stereocenters. The summed E-state index contributed by atoms with van der Waals surface area (Å²) in [5, 5.41) is 12.6. The minimum atomic E-state index is 0.148. The molecule has 2 aliphatic heterocycles. The summed E-state index contributed by atoms with van der Waals surface area (Å²) in [6.45, 7) is 3.39. The first kappa shape index (κ1) is 21.3. The number of piperidine rings is 1. The second-order valence-electron chi connectivity index (χ2n) is 9.13. The van der Waals surface area contributed by atoms with Gasteiger partial charge in [-0.2, -0.15) is 5.10 Å². The van der Waals surface area contributed by atoms with Crippen LogP contribution in [0.15, 0.2) is 24.7 Å². The minimum Gasteiger partial charge on any atom is -0.494 e. The van der Waals surface area contributed by atoms with E-state index >= 15 is 0 Å². The Hall–Kier alpha value is -3.24. The summed E-state index contributed by atoms with van der Waals surface area (Å²) in [5.41, 5.74) is 2.99. The summed E-state index contributed by atoms with van der Waals surface area (Å²) in [4.78, 5) is 28.8. The van der Waals surface area contributed by atoms with E-state index in [-0.39, 0.29) is 5.92 Å². The van der Waals surface area contributed by atoms with Crippen LogP contribution in [-0.2, 0) is 17.8 Å². The van der Waals surface area contributed by atoms with Gasteiger partial charge in [0, 0.05) is 28.8 Å². The third-order valence-electron chi connectivity index (χ3n) is 7.03. The van der Waals surface area contributed by atoms with E-state index in [1.807, 2.05) is 17.0 Å². The first-order valence-corrected chi connectivity index (χ1v) is 12.4. The zero-order valence-electron chi connectivity index (χ0n) is 19.3. The molecule has 0 aliphatic carbocycles. The van der Waals surface area contributed by atoms with Crippen molar-refractivity contribution >= 4 is 49.9 Å². The number of carbonyl (C=O) groups is 1. The van der Waals surface area contributed by atoms with Crippen molar-refractivity contribution in [3.8, 4) is 5.75 Å². The molecule has 9 nitrogen and oxygen atoms in total. The van der Waals surface area contributed by atoms with Gasteiger partial charge in [-0.1, -0.05) is 0 Å². The number of methoxy groups -OCH3 is 1. The number of nitrogens with zero attached hydrogens (tertiary/aromatic N) is 5. The number of rotatable bonds is 4. The maximum Gasteiger partial charge on any atom is 0.226 e. The fourth-order valence-corrected chi connectivity index (χ4v) is 6.29. The zero-order valence-corrected chi connectivity index (χ0v) is 20.1. The lowest BCUT2D eigenvalue weighted by molar-refractivity contribution is -0.137. The van der Waals surface area contributed by atoms with Crippen molar-refractivity contribution in [2.75, 3.05) is 39.1 Å². The Kier molecular flexibility index (Phi) is 5.34. The average Bonchev–Trinajstić information content (AvgIpc) is 3.47. The number of hydrogen-bond acceptors (Lipinski definition) is 8. The van der Waals surface area contributed by atoms with Crippen molar-refractivity contribution in [3.63, 3.8) is 0 Å². The Balaban J connectivity index is 1.30. The van der Waals surface area contributed by atoms with E-state index in [1.165, 1.54) is 10.4 Å². The van der Waals surface area contributed by atoms with Gasteiger partial charge >= 0.3 is 0 Å². The molecule has 2 N–H and O–H groups in total. The second-order valence-corrected chi connectivity index (χ2v) is 10.2. The number of ether oxygens (including phenoxy) is 1. The quantitative estimate of drug-likeness (QED) is 0.464. The number of aromatic nitrogens is 4. The summed E-state index contributed by atoms with van der Waals surface area (Å²) >= 11 is 1.67. The highest BCUT2D eigenvalue weighted by molar-refractivity contribution is 7.19. The van der Waals surface area contributed by atoms with Gasteiger partial charge in [0.25, 0.3) is 0 Å². The highest BCUT2D eigenvalue weighted by atomic mass is 32.1. The fraction of sp³-hybridized carbons (Fsp3) is 0.417. The molecule has 1 saturated heterocycles. The largest absolute Gasteiger partial charge is 0.494 e. The van der Waals surface area contributed by atoms with E-state index < -0.39 is 0 Å². The molecule has 0 spiro atoms. The van der Waals surface area contributed by atoms with Gasteiger partial charge in [0.15, 0.2) is 0 Å². The maximum absolute atomic E-state index is 13.2. The summed E-state index contributed by atoms with van der Waals surface area (Å²) in [5.74, 6) is 1.93. The number of anilines is 2. The molecule has 4 aromatic rings. The number of fused-ring (bicyclic) bond motifs is 4. The maximum atomic E-state index is 13.2. The van der Waals surface area contributed by atoms with Crippen LogP contribution in [0, 0.1) is 5.92 Å². The van der Waals surface area contributed by atoms with Gasteiger partial charge in [0.1, 0.15) is 22.7 Å². The molecule has 5 heterocycles. The molecular formula is C24H27N7O2S. The number of amides is 1. The zero-order chi connectivity index (χ0) is 23.2.